The number of allylic oxidation sites excluding steroid dienone is 3. The zero-order valence-corrected chi connectivity index (χ0v) is 31.5. The molecule has 1 N–H and O–H groups in total. The molecular formula is C40H35BrCl2N2O7. The number of imide groups is 2. The summed E-state index contributed by atoms with van der Waals surface area (Å²) in [6.07, 6.45) is 7.67. The van der Waals surface area contributed by atoms with Gasteiger partial charge in [-0.2, -0.15) is 0 Å². The zero-order valence-electron chi connectivity index (χ0n) is 28.4. The molecule has 2 saturated heterocycles. The van der Waals surface area contributed by atoms with Crippen LogP contribution in [-0.2, 0) is 25.6 Å². The molecule has 9 nitrogen and oxygen atoms in total. The van der Waals surface area contributed by atoms with Crippen molar-refractivity contribution >= 4 is 80.6 Å². The lowest BCUT2D eigenvalue weighted by Crippen LogP contribution is -2.60. The number of nitrogens with zero attached hydrogens (tertiary/aromatic N) is 2. The second kappa shape index (κ2) is 13.5. The fourth-order valence-corrected chi connectivity index (χ4v) is 9.82. The molecule has 3 fully saturated rings. The molecule has 4 amide bonds. The summed E-state index contributed by atoms with van der Waals surface area (Å²) in [5, 5.41) is 11.6. The van der Waals surface area contributed by atoms with Crippen LogP contribution in [0.25, 0.3) is 12.2 Å². The molecule has 6 unspecified atom stereocenters. The lowest BCUT2D eigenvalue weighted by molar-refractivity contribution is -0.138. The van der Waals surface area contributed by atoms with Gasteiger partial charge in [0.2, 0.25) is 11.8 Å². The number of anilines is 1. The molecule has 12 heteroatoms. The van der Waals surface area contributed by atoms with Crippen molar-refractivity contribution in [2.75, 3.05) is 24.6 Å². The summed E-state index contributed by atoms with van der Waals surface area (Å²) >= 11 is 17.9. The molecular weight excluding hydrogens is 771 g/mol. The summed E-state index contributed by atoms with van der Waals surface area (Å²) in [7, 11) is 3.18. The molecule has 7 rings (SSSR count). The highest BCUT2D eigenvalue weighted by atomic mass is 79.9. The number of benzene rings is 3. The van der Waals surface area contributed by atoms with Crippen LogP contribution >= 0.6 is 39.1 Å². The number of carbonyl (C=O) groups excluding carboxylic acids is 4. The summed E-state index contributed by atoms with van der Waals surface area (Å²) in [5.74, 6) is -4.27. The third-order valence-electron chi connectivity index (χ3n) is 10.9. The summed E-state index contributed by atoms with van der Waals surface area (Å²) in [4.78, 5) is 54.7. The largest absolute Gasteiger partial charge is 0.507 e. The number of aromatic hydroxyl groups is 1. The van der Waals surface area contributed by atoms with Gasteiger partial charge in [-0.25, -0.2) is 0 Å². The Kier molecular flexibility index (Phi) is 9.38. The van der Waals surface area contributed by atoms with Gasteiger partial charge >= 0.3 is 0 Å². The van der Waals surface area contributed by atoms with Gasteiger partial charge in [0.1, 0.15) is 17.2 Å². The Hall–Kier alpha value is -4.38. The maximum atomic E-state index is 14.5. The van der Waals surface area contributed by atoms with Gasteiger partial charge < -0.3 is 14.6 Å². The molecule has 52 heavy (non-hydrogen) atoms. The number of likely N-dealkylation sites (tertiary alicyclic amines) is 1. The normalized spacial score (nSPS) is 28.1. The predicted octanol–water partition coefficient (Wildman–Crippen LogP) is 7.22. The number of phenolic OH excluding ortho intramolecular Hbond substituents is 1. The van der Waals surface area contributed by atoms with Crippen LogP contribution in [0.5, 0.6) is 17.2 Å². The molecule has 1 saturated carbocycles. The average Bonchev–Trinajstić information content (AvgIpc) is 3.49. The summed E-state index contributed by atoms with van der Waals surface area (Å²) < 4.78 is 10.8. The number of hydrogen-bond donors (Lipinski definition) is 1. The summed E-state index contributed by atoms with van der Waals surface area (Å²) in [6.45, 7) is 3.78. The van der Waals surface area contributed by atoms with E-state index in [4.69, 9.17) is 32.7 Å². The van der Waals surface area contributed by atoms with Crippen molar-refractivity contribution in [1.29, 1.82) is 0 Å². The van der Waals surface area contributed by atoms with Crippen LogP contribution in [0, 0.1) is 17.8 Å². The SMILES string of the molecule is C=CCc1cccc(C2C3=CCC4C(=O)N(c5ccc(C=Cc6cc(OC)ccc6OC)cc5)C(=O)C4C3CC3(Cl)C(=O)N(CBr)C(=O)C23Cl)c1O. The van der Waals surface area contributed by atoms with E-state index in [1.165, 1.54) is 4.90 Å². The van der Waals surface area contributed by atoms with Crippen molar-refractivity contribution in [3.05, 3.63) is 107 Å². The van der Waals surface area contributed by atoms with Gasteiger partial charge in [0.25, 0.3) is 11.8 Å². The molecule has 0 aromatic heterocycles. The summed E-state index contributed by atoms with van der Waals surface area (Å²) in [5.41, 5.74) is 3.39. The molecule has 2 aliphatic carbocycles. The molecule has 2 aliphatic heterocycles. The molecule has 3 aromatic carbocycles. The van der Waals surface area contributed by atoms with Crippen molar-refractivity contribution in [1.82, 2.24) is 4.90 Å². The number of para-hydroxylation sites is 1. The molecule has 4 aliphatic rings. The number of rotatable bonds is 9. The van der Waals surface area contributed by atoms with Gasteiger partial charge in [-0.05, 0) is 66.6 Å². The third-order valence-corrected chi connectivity index (χ3v) is 12.8. The average molecular weight is 807 g/mol. The van der Waals surface area contributed by atoms with Gasteiger partial charge in [-0.1, -0.05) is 76.1 Å². The van der Waals surface area contributed by atoms with E-state index in [1.807, 2.05) is 48.6 Å². The molecule has 0 radical (unpaired) electrons. The fourth-order valence-electron chi connectivity index (χ4n) is 8.41. The Morgan fingerprint density at radius 1 is 0.962 bits per heavy atom. The van der Waals surface area contributed by atoms with Crippen molar-refractivity contribution in [3.63, 3.8) is 0 Å². The number of ether oxygens (including phenoxy) is 2. The number of amides is 4. The number of alkyl halides is 3. The van der Waals surface area contributed by atoms with Crippen LogP contribution in [0.4, 0.5) is 5.69 Å². The van der Waals surface area contributed by atoms with Gasteiger partial charge in [-0.3, -0.25) is 29.0 Å². The Labute approximate surface area is 319 Å². The number of phenols is 1. The molecule has 3 aromatic rings. The Morgan fingerprint density at radius 3 is 2.38 bits per heavy atom. The predicted molar refractivity (Wildman–Crippen MR) is 203 cm³/mol. The first-order valence-electron chi connectivity index (χ1n) is 16.7. The quantitative estimate of drug-likeness (QED) is 0.0799. The number of carbonyl (C=O) groups is 4. The van der Waals surface area contributed by atoms with E-state index in [0.29, 0.717) is 40.3 Å². The summed E-state index contributed by atoms with van der Waals surface area (Å²) in [6, 6.07) is 17.7. The topological polar surface area (TPSA) is 113 Å². The lowest BCUT2D eigenvalue weighted by atomic mass is 9.56. The van der Waals surface area contributed by atoms with Crippen molar-refractivity contribution in [3.8, 4) is 17.2 Å². The maximum Gasteiger partial charge on any atom is 0.254 e. The smallest absolute Gasteiger partial charge is 0.254 e. The molecule has 6 atom stereocenters. The van der Waals surface area contributed by atoms with Crippen molar-refractivity contribution < 1.29 is 33.8 Å². The van der Waals surface area contributed by atoms with E-state index < -0.39 is 51.1 Å². The highest BCUT2D eigenvalue weighted by Gasteiger charge is 2.76. The van der Waals surface area contributed by atoms with Crippen molar-refractivity contribution in [2.24, 2.45) is 17.8 Å². The van der Waals surface area contributed by atoms with Crippen LogP contribution in [0.1, 0.15) is 41.0 Å². The second-order valence-electron chi connectivity index (χ2n) is 13.4. The second-order valence-corrected chi connectivity index (χ2v) is 15.1. The fraction of sp³-hybridized carbons (Fsp3) is 0.300. The monoisotopic (exact) mass is 804 g/mol. The first-order chi connectivity index (χ1) is 24.9. The minimum atomic E-state index is -2.01. The van der Waals surface area contributed by atoms with E-state index in [2.05, 4.69) is 22.5 Å². The first-order valence-corrected chi connectivity index (χ1v) is 18.6. The highest BCUT2D eigenvalue weighted by Crippen LogP contribution is 2.66. The van der Waals surface area contributed by atoms with E-state index in [0.717, 1.165) is 16.0 Å². The van der Waals surface area contributed by atoms with Crippen LogP contribution in [0.3, 0.4) is 0 Å². The van der Waals surface area contributed by atoms with Gasteiger partial charge in [0, 0.05) is 17.0 Å². The van der Waals surface area contributed by atoms with E-state index in [-0.39, 0.29) is 30.0 Å². The Bertz CT molecular complexity index is 2080. The van der Waals surface area contributed by atoms with Crippen molar-refractivity contribution in [2.45, 2.75) is 34.9 Å². The van der Waals surface area contributed by atoms with Gasteiger partial charge in [-0.15, -0.1) is 29.8 Å². The standard InChI is InChI=1S/C40H35BrCl2N2O7/c1-4-6-23-7-5-8-29(34(23)46)33-27-16-17-28-32(30(27)20-39(42)37(49)44(21-41)38(50)40(33,39)43)36(48)45(35(28)47)25-13-10-22(11-14-25)9-12-24-19-26(51-2)15-18-31(24)52-3/h4-5,7-16,18-19,28,30,32-33,46H,1,6,17,20-21H2,2-3H3. The third kappa shape index (κ3) is 5.24. The number of hydrogen-bond acceptors (Lipinski definition) is 7. The first kappa shape index (κ1) is 36.0. The van der Waals surface area contributed by atoms with E-state index >= 15 is 0 Å². The van der Waals surface area contributed by atoms with Crippen LogP contribution in [0.2, 0.25) is 0 Å². The number of halogens is 3. The minimum Gasteiger partial charge on any atom is -0.507 e. The van der Waals surface area contributed by atoms with E-state index in [1.54, 1.807) is 50.6 Å². The molecule has 0 spiro atoms. The lowest BCUT2D eigenvalue weighted by Gasteiger charge is -2.50. The number of methoxy groups -OCH3 is 2. The minimum absolute atomic E-state index is 0.0953. The molecule has 0 bridgehead atoms. The Balaban J connectivity index is 1.25. The zero-order chi connectivity index (χ0) is 37.1. The van der Waals surface area contributed by atoms with Gasteiger partial charge in [0.15, 0.2) is 9.75 Å². The van der Waals surface area contributed by atoms with Crippen LogP contribution in [0.15, 0.2) is 85.0 Å². The molecule has 268 valence electrons. The maximum absolute atomic E-state index is 14.5. The molecule has 2 heterocycles. The Morgan fingerprint density at radius 2 is 1.71 bits per heavy atom. The van der Waals surface area contributed by atoms with Gasteiger partial charge in [0.05, 0.1) is 37.2 Å². The number of fused-ring (bicyclic) bond motifs is 4. The van der Waals surface area contributed by atoms with Crippen LogP contribution < -0.4 is 14.4 Å². The van der Waals surface area contributed by atoms with E-state index in [9.17, 15) is 24.3 Å². The highest BCUT2D eigenvalue weighted by molar-refractivity contribution is 9.09. The van der Waals surface area contributed by atoms with Crippen LogP contribution in [-0.4, -0.2) is 63.1 Å².